The Balaban J connectivity index is 1.46. The van der Waals surface area contributed by atoms with Crippen LogP contribution in [-0.4, -0.2) is 33.2 Å². The van der Waals surface area contributed by atoms with Crippen molar-refractivity contribution in [3.8, 4) is 5.69 Å². The Kier molecular flexibility index (Phi) is 4.98. The van der Waals surface area contributed by atoms with Gasteiger partial charge in [0.25, 0.3) is 0 Å². The first-order valence-corrected chi connectivity index (χ1v) is 9.09. The molecule has 6 heteroatoms. The minimum absolute atomic E-state index is 0.0542. The Labute approximate surface area is 157 Å². The number of halogens is 1. The van der Waals surface area contributed by atoms with Gasteiger partial charge in [0.15, 0.2) is 0 Å². The number of rotatable bonds is 5. The fourth-order valence-electron chi connectivity index (χ4n) is 3.53. The van der Waals surface area contributed by atoms with E-state index in [0.29, 0.717) is 12.1 Å². The maximum absolute atomic E-state index is 14.0. The maximum atomic E-state index is 14.0. The van der Waals surface area contributed by atoms with E-state index in [-0.39, 0.29) is 17.8 Å². The van der Waals surface area contributed by atoms with Gasteiger partial charge < -0.3 is 5.32 Å². The second-order valence-corrected chi connectivity index (χ2v) is 6.71. The van der Waals surface area contributed by atoms with Gasteiger partial charge in [-0.1, -0.05) is 24.3 Å². The molecule has 0 unspecified atom stereocenters. The molecule has 1 N–H and O–H groups in total. The molecule has 0 saturated carbocycles. The molecule has 5 nitrogen and oxygen atoms in total. The highest BCUT2D eigenvalue weighted by molar-refractivity contribution is 5.95. The lowest BCUT2D eigenvalue weighted by molar-refractivity contribution is -0.120. The van der Waals surface area contributed by atoms with Crippen LogP contribution in [0.3, 0.4) is 0 Å². The van der Waals surface area contributed by atoms with Crippen LogP contribution in [-0.2, 0) is 11.3 Å². The second-order valence-electron chi connectivity index (χ2n) is 6.71. The smallest absolute Gasteiger partial charge is 0.241 e. The lowest BCUT2D eigenvalue weighted by Crippen LogP contribution is -2.39. The molecule has 1 atom stereocenters. The number of aromatic nitrogens is 2. The average Bonchev–Trinajstić information content (AvgIpc) is 3.36. The van der Waals surface area contributed by atoms with Gasteiger partial charge in [-0.3, -0.25) is 9.69 Å². The predicted octanol–water partition coefficient (Wildman–Crippen LogP) is 3.61. The van der Waals surface area contributed by atoms with Crippen molar-refractivity contribution in [2.24, 2.45) is 0 Å². The first kappa shape index (κ1) is 17.4. The molecule has 1 fully saturated rings. The molecule has 1 amide bonds. The molecule has 3 aromatic rings. The van der Waals surface area contributed by atoms with Gasteiger partial charge in [-0.15, -0.1) is 0 Å². The first-order chi connectivity index (χ1) is 13.2. The number of anilines is 1. The molecule has 138 valence electrons. The zero-order valence-corrected chi connectivity index (χ0v) is 14.9. The fraction of sp³-hybridized carbons (Fsp3) is 0.238. The summed E-state index contributed by atoms with van der Waals surface area (Å²) in [5, 5.41) is 7.21. The monoisotopic (exact) mass is 364 g/mol. The van der Waals surface area contributed by atoms with Crippen molar-refractivity contribution >= 4 is 11.6 Å². The number of likely N-dealkylation sites (tertiary alicyclic amines) is 1. The van der Waals surface area contributed by atoms with Gasteiger partial charge in [-0.05, 0) is 49.7 Å². The average molecular weight is 364 g/mol. The highest BCUT2D eigenvalue weighted by Crippen LogP contribution is 2.23. The number of carbonyl (C=O) groups excluding carboxylic acids is 1. The highest BCUT2D eigenvalue weighted by atomic mass is 19.1. The standard InChI is InChI=1S/C21H21FN4O/c22-19-9-2-1-6-16(19)15-25-12-4-10-20(25)21(27)24-17-7-3-8-18(14-17)26-13-5-11-23-26/h1-3,5-9,11,13-14,20H,4,10,12,15H2,(H,24,27)/t20-/m0/s1. The summed E-state index contributed by atoms with van der Waals surface area (Å²) in [5.41, 5.74) is 2.23. The Morgan fingerprint density at radius 3 is 2.89 bits per heavy atom. The van der Waals surface area contributed by atoms with E-state index < -0.39 is 0 Å². The van der Waals surface area contributed by atoms with Crippen LogP contribution in [0.15, 0.2) is 67.0 Å². The number of carbonyl (C=O) groups is 1. The molecular weight excluding hydrogens is 343 g/mol. The van der Waals surface area contributed by atoms with Crippen LogP contribution in [0.4, 0.5) is 10.1 Å². The minimum atomic E-state index is -0.252. The minimum Gasteiger partial charge on any atom is -0.325 e. The topological polar surface area (TPSA) is 50.2 Å². The van der Waals surface area contributed by atoms with E-state index in [1.807, 2.05) is 47.5 Å². The van der Waals surface area contributed by atoms with Gasteiger partial charge in [0.05, 0.1) is 11.7 Å². The number of nitrogens with one attached hydrogen (secondary N) is 1. The Hall–Kier alpha value is -2.99. The molecule has 0 bridgehead atoms. The molecular formula is C21H21FN4O. The summed E-state index contributed by atoms with van der Waals surface area (Å²) in [6, 6.07) is 15.9. The first-order valence-electron chi connectivity index (χ1n) is 9.09. The van der Waals surface area contributed by atoms with Crippen LogP contribution in [0.5, 0.6) is 0 Å². The van der Waals surface area contributed by atoms with E-state index >= 15 is 0 Å². The van der Waals surface area contributed by atoms with Crippen LogP contribution in [0, 0.1) is 5.82 Å². The van der Waals surface area contributed by atoms with Crippen LogP contribution >= 0.6 is 0 Å². The van der Waals surface area contributed by atoms with E-state index in [1.54, 1.807) is 23.0 Å². The van der Waals surface area contributed by atoms with Crippen molar-refractivity contribution in [3.05, 3.63) is 78.4 Å². The van der Waals surface area contributed by atoms with Crippen LogP contribution in [0.25, 0.3) is 5.69 Å². The summed E-state index contributed by atoms with van der Waals surface area (Å²) in [5.74, 6) is -0.281. The lowest BCUT2D eigenvalue weighted by atomic mass is 10.1. The Morgan fingerprint density at radius 2 is 2.07 bits per heavy atom. The molecule has 1 aliphatic heterocycles. The van der Waals surface area contributed by atoms with Gasteiger partial charge in [-0.2, -0.15) is 5.10 Å². The highest BCUT2D eigenvalue weighted by Gasteiger charge is 2.31. The normalized spacial score (nSPS) is 17.1. The largest absolute Gasteiger partial charge is 0.325 e. The van der Waals surface area contributed by atoms with Gasteiger partial charge in [-0.25, -0.2) is 9.07 Å². The van der Waals surface area contributed by atoms with Gasteiger partial charge in [0.2, 0.25) is 5.91 Å². The molecule has 1 aliphatic rings. The SMILES string of the molecule is O=C(Nc1cccc(-n2cccn2)c1)[C@@H]1CCCN1Cc1ccccc1F. The van der Waals surface area contributed by atoms with E-state index in [9.17, 15) is 9.18 Å². The molecule has 1 aromatic heterocycles. The molecule has 0 radical (unpaired) electrons. The van der Waals surface area contributed by atoms with Crippen LogP contribution in [0.1, 0.15) is 18.4 Å². The van der Waals surface area contributed by atoms with Crippen molar-refractivity contribution in [2.75, 3.05) is 11.9 Å². The number of nitrogens with zero attached hydrogens (tertiary/aromatic N) is 3. The van der Waals surface area contributed by atoms with E-state index in [1.165, 1.54) is 6.07 Å². The van der Waals surface area contributed by atoms with Gasteiger partial charge in [0, 0.05) is 30.2 Å². The van der Waals surface area contributed by atoms with Crippen molar-refractivity contribution in [1.82, 2.24) is 14.7 Å². The molecule has 4 rings (SSSR count). The zero-order valence-electron chi connectivity index (χ0n) is 14.9. The molecule has 27 heavy (non-hydrogen) atoms. The summed E-state index contributed by atoms with van der Waals surface area (Å²) in [6.45, 7) is 1.23. The van der Waals surface area contributed by atoms with Crippen LogP contribution in [0.2, 0.25) is 0 Å². The van der Waals surface area contributed by atoms with Crippen molar-refractivity contribution in [3.63, 3.8) is 0 Å². The third-order valence-corrected chi connectivity index (χ3v) is 4.88. The summed E-state index contributed by atoms with van der Waals surface area (Å²) in [6.07, 6.45) is 5.28. The second kappa shape index (κ2) is 7.72. The maximum Gasteiger partial charge on any atom is 0.241 e. The Morgan fingerprint density at radius 1 is 1.19 bits per heavy atom. The Bertz CT molecular complexity index is 925. The van der Waals surface area contributed by atoms with Gasteiger partial charge >= 0.3 is 0 Å². The van der Waals surface area contributed by atoms with Crippen LogP contribution < -0.4 is 5.32 Å². The summed E-state index contributed by atoms with van der Waals surface area (Å²) in [7, 11) is 0. The zero-order chi connectivity index (χ0) is 18.6. The van der Waals surface area contributed by atoms with E-state index in [4.69, 9.17) is 0 Å². The quantitative estimate of drug-likeness (QED) is 0.752. The molecule has 2 heterocycles. The summed E-state index contributed by atoms with van der Waals surface area (Å²) >= 11 is 0. The fourth-order valence-corrected chi connectivity index (χ4v) is 3.53. The summed E-state index contributed by atoms with van der Waals surface area (Å²) < 4.78 is 15.7. The van der Waals surface area contributed by atoms with E-state index in [0.717, 1.165) is 30.8 Å². The molecule has 1 saturated heterocycles. The molecule has 0 aliphatic carbocycles. The number of amides is 1. The predicted molar refractivity (Wildman–Crippen MR) is 102 cm³/mol. The van der Waals surface area contributed by atoms with Crippen molar-refractivity contribution < 1.29 is 9.18 Å². The third kappa shape index (κ3) is 3.90. The molecule has 2 aromatic carbocycles. The van der Waals surface area contributed by atoms with Crippen molar-refractivity contribution in [2.45, 2.75) is 25.4 Å². The van der Waals surface area contributed by atoms with E-state index in [2.05, 4.69) is 10.4 Å². The van der Waals surface area contributed by atoms with Gasteiger partial charge in [0.1, 0.15) is 5.82 Å². The lowest BCUT2D eigenvalue weighted by Gasteiger charge is -2.24. The third-order valence-electron chi connectivity index (χ3n) is 4.88. The number of benzene rings is 2. The number of hydrogen-bond acceptors (Lipinski definition) is 3. The number of hydrogen-bond donors (Lipinski definition) is 1. The van der Waals surface area contributed by atoms with Crippen molar-refractivity contribution in [1.29, 1.82) is 0 Å². The molecule has 0 spiro atoms. The summed E-state index contributed by atoms with van der Waals surface area (Å²) in [4.78, 5) is 14.9.